The van der Waals surface area contributed by atoms with Crippen LogP contribution in [0, 0.1) is 17.2 Å². The largest absolute Gasteiger partial charge is 0.493 e. The van der Waals surface area contributed by atoms with Gasteiger partial charge in [0.05, 0.1) is 31.7 Å². The minimum absolute atomic E-state index is 0.0704. The number of hydrogen-bond acceptors (Lipinski definition) is 6. The predicted molar refractivity (Wildman–Crippen MR) is 99.1 cm³/mol. The Kier molecular flexibility index (Phi) is 6.24. The number of rotatable bonds is 7. The average molecular weight is 409 g/mol. The fourth-order valence-electron chi connectivity index (χ4n) is 3.99. The predicted octanol–water partition coefficient (Wildman–Crippen LogP) is 2.48. The quantitative estimate of drug-likeness (QED) is 0.531. The second-order valence-corrected chi connectivity index (χ2v) is 7.81. The number of methoxy groups -OCH3 is 1. The molecule has 9 heteroatoms. The van der Waals surface area contributed by atoms with Crippen molar-refractivity contribution in [2.24, 2.45) is 5.92 Å². The van der Waals surface area contributed by atoms with E-state index in [0.717, 1.165) is 5.56 Å². The van der Waals surface area contributed by atoms with Gasteiger partial charge in [-0.15, -0.1) is 0 Å². The molecule has 0 aromatic heterocycles. The fourth-order valence-corrected chi connectivity index (χ4v) is 3.99. The SMILES string of the molecule is COc1ccc(C2(C#N)CCN(CC(=O)NO)CC2)cc1OCC1CC(F)(F)C1. The highest BCUT2D eigenvalue weighted by molar-refractivity contribution is 5.76. The van der Waals surface area contributed by atoms with Gasteiger partial charge in [-0.05, 0) is 30.5 Å². The Hall–Kier alpha value is -2.44. The molecule has 1 aliphatic heterocycles. The van der Waals surface area contributed by atoms with Gasteiger partial charge in [-0.1, -0.05) is 6.07 Å². The van der Waals surface area contributed by atoms with Crippen molar-refractivity contribution in [1.29, 1.82) is 5.26 Å². The third kappa shape index (κ3) is 4.77. The Balaban J connectivity index is 1.70. The maximum absolute atomic E-state index is 13.0. The summed E-state index contributed by atoms with van der Waals surface area (Å²) in [7, 11) is 1.50. The minimum atomic E-state index is -2.59. The number of carbonyl (C=O) groups excluding carboxylic acids is 1. The van der Waals surface area contributed by atoms with Crippen molar-refractivity contribution < 1.29 is 28.3 Å². The van der Waals surface area contributed by atoms with E-state index in [4.69, 9.17) is 14.7 Å². The molecule has 3 rings (SSSR count). The van der Waals surface area contributed by atoms with E-state index in [9.17, 15) is 18.8 Å². The van der Waals surface area contributed by atoms with Gasteiger partial charge in [0.1, 0.15) is 0 Å². The van der Waals surface area contributed by atoms with Crippen LogP contribution in [0.3, 0.4) is 0 Å². The van der Waals surface area contributed by atoms with E-state index in [1.807, 2.05) is 11.0 Å². The molecule has 0 spiro atoms. The number of alkyl halides is 2. The number of carbonyl (C=O) groups is 1. The number of amides is 1. The molecule has 2 aliphatic rings. The molecule has 0 bridgehead atoms. The van der Waals surface area contributed by atoms with E-state index in [1.165, 1.54) is 7.11 Å². The van der Waals surface area contributed by atoms with Crippen LogP contribution in [-0.4, -0.2) is 55.3 Å². The van der Waals surface area contributed by atoms with Crippen molar-refractivity contribution in [2.45, 2.75) is 37.0 Å². The summed E-state index contributed by atoms with van der Waals surface area (Å²) >= 11 is 0. The molecule has 2 N–H and O–H groups in total. The first-order chi connectivity index (χ1) is 13.8. The summed E-state index contributed by atoms with van der Waals surface area (Å²) in [6.07, 6.45) is 0.689. The van der Waals surface area contributed by atoms with Crippen molar-refractivity contribution in [3.8, 4) is 17.6 Å². The van der Waals surface area contributed by atoms with E-state index >= 15 is 0 Å². The Bertz CT molecular complexity index is 780. The number of likely N-dealkylation sites (tertiary alicyclic amines) is 1. The Morgan fingerprint density at radius 1 is 1.34 bits per heavy atom. The maximum Gasteiger partial charge on any atom is 0.257 e. The van der Waals surface area contributed by atoms with Crippen molar-refractivity contribution in [3.05, 3.63) is 23.8 Å². The van der Waals surface area contributed by atoms with Gasteiger partial charge in [0, 0.05) is 31.8 Å². The molecule has 1 saturated heterocycles. The number of ether oxygens (including phenoxy) is 2. The lowest BCUT2D eigenvalue weighted by atomic mass is 9.74. The lowest BCUT2D eigenvalue weighted by Gasteiger charge is -2.37. The number of piperidine rings is 1. The zero-order valence-electron chi connectivity index (χ0n) is 16.3. The number of hydroxylamine groups is 1. The highest BCUT2D eigenvalue weighted by atomic mass is 19.3. The molecule has 29 heavy (non-hydrogen) atoms. The molecule has 1 heterocycles. The number of hydrogen-bond donors (Lipinski definition) is 2. The first kappa shape index (κ1) is 21.3. The highest BCUT2D eigenvalue weighted by Gasteiger charge is 2.45. The molecule has 1 amide bonds. The molecule has 0 unspecified atom stereocenters. The smallest absolute Gasteiger partial charge is 0.257 e. The topological polar surface area (TPSA) is 94.8 Å². The molecular weight excluding hydrogens is 384 g/mol. The molecule has 0 atom stereocenters. The van der Waals surface area contributed by atoms with Crippen molar-refractivity contribution >= 4 is 5.91 Å². The van der Waals surface area contributed by atoms with Crippen molar-refractivity contribution in [3.63, 3.8) is 0 Å². The number of benzene rings is 1. The highest BCUT2D eigenvalue weighted by Crippen LogP contribution is 2.44. The third-order valence-electron chi connectivity index (χ3n) is 5.78. The molecule has 1 aromatic rings. The summed E-state index contributed by atoms with van der Waals surface area (Å²) in [5.41, 5.74) is 1.66. The van der Waals surface area contributed by atoms with Crippen LogP contribution in [0.15, 0.2) is 18.2 Å². The normalized spacial score (nSPS) is 20.9. The van der Waals surface area contributed by atoms with Gasteiger partial charge >= 0.3 is 0 Å². The van der Waals surface area contributed by atoms with Crippen LogP contribution < -0.4 is 15.0 Å². The van der Waals surface area contributed by atoms with Gasteiger partial charge in [-0.3, -0.25) is 14.9 Å². The van der Waals surface area contributed by atoms with Gasteiger partial charge in [0.15, 0.2) is 11.5 Å². The second kappa shape index (κ2) is 8.51. The summed E-state index contributed by atoms with van der Waals surface area (Å²) in [6, 6.07) is 7.72. The Morgan fingerprint density at radius 3 is 2.59 bits per heavy atom. The third-order valence-corrected chi connectivity index (χ3v) is 5.78. The zero-order chi connectivity index (χ0) is 21.1. The van der Waals surface area contributed by atoms with Crippen LogP contribution in [-0.2, 0) is 10.2 Å². The van der Waals surface area contributed by atoms with Crippen LogP contribution in [0.2, 0.25) is 0 Å². The van der Waals surface area contributed by atoms with Gasteiger partial charge in [0.2, 0.25) is 5.92 Å². The van der Waals surface area contributed by atoms with Crippen LogP contribution in [0.25, 0.3) is 0 Å². The minimum Gasteiger partial charge on any atom is -0.493 e. The number of halogens is 2. The summed E-state index contributed by atoms with van der Waals surface area (Å²) in [5.74, 6) is -2.34. The number of nitrogens with one attached hydrogen (secondary N) is 1. The average Bonchev–Trinajstić information content (AvgIpc) is 2.71. The first-order valence-corrected chi connectivity index (χ1v) is 9.56. The molecule has 1 aromatic carbocycles. The van der Waals surface area contributed by atoms with Crippen molar-refractivity contribution in [2.75, 3.05) is 33.4 Å². The maximum atomic E-state index is 13.0. The number of nitrogens with zero attached hydrogens (tertiary/aromatic N) is 2. The lowest BCUT2D eigenvalue weighted by molar-refractivity contribution is -0.130. The first-order valence-electron chi connectivity index (χ1n) is 9.56. The monoisotopic (exact) mass is 409 g/mol. The number of nitriles is 1. The molecule has 1 saturated carbocycles. The van der Waals surface area contributed by atoms with E-state index in [-0.39, 0.29) is 31.9 Å². The van der Waals surface area contributed by atoms with Crippen LogP contribution in [0.4, 0.5) is 8.78 Å². The lowest BCUT2D eigenvalue weighted by Crippen LogP contribution is -2.45. The van der Waals surface area contributed by atoms with Crippen LogP contribution >= 0.6 is 0 Å². The summed E-state index contributed by atoms with van der Waals surface area (Å²) in [4.78, 5) is 13.2. The molecule has 7 nitrogen and oxygen atoms in total. The molecule has 0 radical (unpaired) electrons. The van der Waals surface area contributed by atoms with E-state index in [0.29, 0.717) is 37.4 Å². The Labute approximate surface area is 168 Å². The van der Waals surface area contributed by atoms with Gasteiger partial charge in [-0.2, -0.15) is 5.26 Å². The molecule has 158 valence electrons. The standard InChI is InChI=1S/C20H25F2N3O4/c1-28-16-3-2-15(8-17(16)29-12-14-9-20(21,22)10-14)19(13-23)4-6-25(7-5-19)11-18(26)24-27/h2-3,8,14,27H,4-7,9-12H2,1H3,(H,24,26). The van der Waals surface area contributed by atoms with E-state index in [1.54, 1.807) is 17.6 Å². The molecule has 2 fully saturated rings. The molecular formula is C20H25F2N3O4. The fraction of sp³-hybridized carbons (Fsp3) is 0.600. The van der Waals surface area contributed by atoms with E-state index in [2.05, 4.69) is 6.07 Å². The van der Waals surface area contributed by atoms with Crippen molar-refractivity contribution in [1.82, 2.24) is 10.4 Å². The van der Waals surface area contributed by atoms with Gasteiger partial charge < -0.3 is 9.47 Å². The molecule has 1 aliphatic carbocycles. The Morgan fingerprint density at radius 2 is 2.03 bits per heavy atom. The van der Waals surface area contributed by atoms with Crippen LogP contribution in [0.1, 0.15) is 31.2 Å². The summed E-state index contributed by atoms with van der Waals surface area (Å²) in [6.45, 7) is 1.31. The van der Waals surface area contributed by atoms with Gasteiger partial charge in [-0.25, -0.2) is 14.3 Å². The summed E-state index contributed by atoms with van der Waals surface area (Å²) in [5, 5.41) is 18.6. The second-order valence-electron chi connectivity index (χ2n) is 7.81. The van der Waals surface area contributed by atoms with E-state index < -0.39 is 17.2 Å². The van der Waals surface area contributed by atoms with Crippen LogP contribution in [0.5, 0.6) is 11.5 Å². The summed E-state index contributed by atoms with van der Waals surface area (Å²) < 4.78 is 37.2. The van der Waals surface area contributed by atoms with Gasteiger partial charge in [0.25, 0.3) is 5.91 Å². The zero-order valence-corrected chi connectivity index (χ0v) is 16.3.